The number of carbonyl (C=O) groups excluding carboxylic acids is 3. The predicted molar refractivity (Wildman–Crippen MR) is 150 cm³/mol. The highest BCUT2D eigenvalue weighted by Crippen LogP contribution is 2.50. The molecule has 0 bridgehead atoms. The van der Waals surface area contributed by atoms with Gasteiger partial charge in [0.25, 0.3) is 0 Å². The molecule has 40 heavy (non-hydrogen) atoms. The van der Waals surface area contributed by atoms with Crippen LogP contribution in [0.15, 0.2) is 29.1 Å². The van der Waals surface area contributed by atoms with Gasteiger partial charge in [-0.2, -0.15) is 0 Å². The molecule has 2 aromatic carbocycles. The van der Waals surface area contributed by atoms with Crippen molar-refractivity contribution < 1.29 is 33.3 Å². The van der Waals surface area contributed by atoms with E-state index in [9.17, 15) is 19.2 Å². The first-order valence-electron chi connectivity index (χ1n) is 13.0. The number of esters is 1. The first-order valence-corrected chi connectivity index (χ1v) is 13.0. The molecule has 1 aliphatic rings. The van der Waals surface area contributed by atoms with Crippen molar-refractivity contribution in [3.05, 3.63) is 45.6 Å². The van der Waals surface area contributed by atoms with E-state index >= 15 is 0 Å². The smallest absolute Gasteiger partial charge is 0.305 e. The van der Waals surface area contributed by atoms with Crippen molar-refractivity contribution in [3.8, 4) is 28.4 Å². The maximum atomic E-state index is 13.4. The summed E-state index contributed by atoms with van der Waals surface area (Å²) in [4.78, 5) is 49.4. The van der Waals surface area contributed by atoms with Crippen molar-refractivity contribution >= 4 is 23.5 Å². The number of methoxy groups -OCH3 is 4. The van der Waals surface area contributed by atoms with Crippen molar-refractivity contribution in [1.29, 1.82) is 0 Å². The first kappa shape index (κ1) is 30.3. The minimum absolute atomic E-state index is 0.195. The van der Waals surface area contributed by atoms with Crippen molar-refractivity contribution in [2.24, 2.45) is 0 Å². The molecule has 1 aliphatic carbocycles. The zero-order chi connectivity index (χ0) is 29.4. The average molecular weight is 556 g/mol. The van der Waals surface area contributed by atoms with Gasteiger partial charge in [0.2, 0.25) is 23.0 Å². The van der Waals surface area contributed by atoms with Crippen LogP contribution in [-0.2, 0) is 25.5 Å². The fraction of sp³-hybridized carbons (Fsp3) is 0.448. The van der Waals surface area contributed by atoms with Gasteiger partial charge in [-0.25, -0.2) is 0 Å². The number of benzene rings is 1. The van der Waals surface area contributed by atoms with E-state index in [4.69, 9.17) is 14.2 Å². The van der Waals surface area contributed by atoms with Crippen LogP contribution in [0.1, 0.15) is 50.3 Å². The van der Waals surface area contributed by atoms with Gasteiger partial charge in [-0.15, -0.1) is 0 Å². The quantitative estimate of drug-likeness (QED) is 0.282. The molecule has 0 aromatic heterocycles. The van der Waals surface area contributed by atoms with Crippen LogP contribution in [-0.4, -0.2) is 58.8 Å². The van der Waals surface area contributed by atoms with Crippen molar-refractivity contribution in [2.45, 2.75) is 51.6 Å². The second-order valence-electron chi connectivity index (χ2n) is 9.43. The van der Waals surface area contributed by atoms with Crippen LogP contribution >= 0.6 is 0 Å². The molecule has 3 rings (SSSR count). The minimum atomic E-state index is -0.731. The summed E-state index contributed by atoms with van der Waals surface area (Å²) in [5.41, 5.74) is 2.83. The summed E-state index contributed by atoms with van der Waals surface area (Å²) < 4.78 is 21.6. The summed E-state index contributed by atoms with van der Waals surface area (Å²) in [6.45, 7) is 3.37. The standard InChI is InChI=1S/C29H37N3O8/c1-16(29(36)30-13-7-8-25(35)38-4)31-22-12-10-19-20(15-23(22)34)21(32-17(2)33)11-9-18-14-24(37-3)27(39-5)28(40-6)26(18)19/h10,12,14-16,21H,7-9,11,13H2,1-6H3,(H,30,36)(H,31,34)(H,32,33)/t16-,21-/m0/s1. The number of ether oxygens (including phenoxy) is 4. The number of carbonyl (C=O) groups is 3. The lowest BCUT2D eigenvalue weighted by Gasteiger charge is -2.19. The summed E-state index contributed by atoms with van der Waals surface area (Å²) >= 11 is 0. The SMILES string of the molecule is COC(=O)CCCNC(=O)[C@H](C)Nc1ccc2c(cc1=O)[C@@H](NC(C)=O)CCc1cc(OC)c(OC)c(OC)c1-2. The lowest BCUT2D eigenvalue weighted by molar-refractivity contribution is -0.140. The third kappa shape index (κ3) is 6.83. The van der Waals surface area contributed by atoms with E-state index in [2.05, 4.69) is 20.7 Å². The molecule has 0 saturated carbocycles. The summed E-state index contributed by atoms with van der Waals surface area (Å²) in [6, 6.07) is 5.61. The second-order valence-corrected chi connectivity index (χ2v) is 9.43. The molecule has 3 N–H and O–H groups in total. The Morgan fingerprint density at radius 2 is 1.75 bits per heavy atom. The fourth-order valence-corrected chi connectivity index (χ4v) is 4.83. The lowest BCUT2D eigenvalue weighted by atomic mass is 9.95. The normalized spacial score (nSPS) is 14.4. The number of amides is 2. The number of rotatable bonds is 11. The van der Waals surface area contributed by atoms with Gasteiger partial charge in [0.05, 0.1) is 40.2 Å². The second kappa shape index (κ2) is 13.7. The van der Waals surface area contributed by atoms with Crippen molar-refractivity contribution in [1.82, 2.24) is 10.6 Å². The van der Waals surface area contributed by atoms with Crippen LogP contribution in [0.5, 0.6) is 17.2 Å². The summed E-state index contributed by atoms with van der Waals surface area (Å²) in [5.74, 6) is 0.485. The molecule has 0 unspecified atom stereocenters. The Morgan fingerprint density at radius 3 is 2.38 bits per heavy atom. The Morgan fingerprint density at radius 1 is 1.02 bits per heavy atom. The zero-order valence-corrected chi connectivity index (χ0v) is 23.8. The molecule has 0 fully saturated rings. The molecule has 11 heteroatoms. The van der Waals surface area contributed by atoms with E-state index in [1.54, 1.807) is 26.2 Å². The van der Waals surface area contributed by atoms with E-state index in [0.29, 0.717) is 54.2 Å². The molecule has 2 aromatic rings. The minimum Gasteiger partial charge on any atom is -0.493 e. The Kier molecular flexibility index (Phi) is 10.4. The predicted octanol–water partition coefficient (Wildman–Crippen LogP) is 2.73. The topological polar surface area (TPSA) is 141 Å². The summed E-state index contributed by atoms with van der Waals surface area (Å²) in [7, 11) is 5.92. The maximum Gasteiger partial charge on any atom is 0.305 e. The van der Waals surface area contributed by atoms with Crippen LogP contribution in [0.2, 0.25) is 0 Å². The number of fused-ring (bicyclic) bond motifs is 3. The van der Waals surface area contributed by atoms with Gasteiger partial charge in [-0.1, -0.05) is 6.07 Å². The van der Waals surface area contributed by atoms with E-state index < -0.39 is 12.1 Å². The Bertz CT molecular complexity index is 1330. The van der Waals surface area contributed by atoms with E-state index in [1.165, 1.54) is 34.3 Å². The van der Waals surface area contributed by atoms with Gasteiger partial charge in [0, 0.05) is 25.5 Å². The van der Waals surface area contributed by atoms with Crippen LogP contribution in [0, 0.1) is 0 Å². The summed E-state index contributed by atoms with van der Waals surface area (Å²) in [5, 5.41) is 8.72. The third-order valence-electron chi connectivity index (χ3n) is 6.77. The van der Waals surface area contributed by atoms with E-state index in [0.717, 1.165) is 11.1 Å². The largest absolute Gasteiger partial charge is 0.493 e. The van der Waals surface area contributed by atoms with Crippen LogP contribution < -0.4 is 35.6 Å². The average Bonchev–Trinajstić information content (AvgIpc) is 3.18. The molecule has 0 saturated heterocycles. The molecule has 0 heterocycles. The number of hydrogen-bond donors (Lipinski definition) is 3. The van der Waals surface area contributed by atoms with Crippen LogP contribution in [0.25, 0.3) is 11.1 Å². The molecule has 216 valence electrons. The van der Waals surface area contributed by atoms with Gasteiger partial charge in [-0.05, 0) is 61.1 Å². The zero-order valence-electron chi connectivity index (χ0n) is 23.8. The number of hydrogen-bond acceptors (Lipinski definition) is 9. The summed E-state index contributed by atoms with van der Waals surface area (Å²) in [6.07, 6.45) is 1.75. The monoisotopic (exact) mass is 555 g/mol. The Balaban J connectivity index is 2.04. The van der Waals surface area contributed by atoms with Crippen LogP contribution in [0.4, 0.5) is 5.69 Å². The van der Waals surface area contributed by atoms with Gasteiger partial charge in [0.15, 0.2) is 11.5 Å². The highest BCUT2D eigenvalue weighted by molar-refractivity contribution is 5.85. The maximum absolute atomic E-state index is 13.4. The van der Waals surface area contributed by atoms with Crippen molar-refractivity contribution in [2.75, 3.05) is 40.3 Å². The highest BCUT2D eigenvalue weighted by Gasteiger charge is 2.29. The van der Waals surface area contributed by atoms with Gasteiger partial charge in [-0.3, -0.25) is 19.2 Å². The Hall–Kier alpha value is -4.28. The van der Waals surface area contributed by atoms with Gasteiger partial charge >= 0.3 is 5.97 Å². The highest BCUT2D eigenvalue weighted by atomic mass is 16.5. The first-order chi connectivity index (χ1) is 19.1. The third-order valence-corrected chi connectivity index (χ3v) is 6.77. The molecule has 0 radical (unpaired) electrons. The molecular weight excluding hydrogens is 518 g/mol. The molecular formula is C29H37N3O8. The molecule has 2 amide bonds. The van der Waals surface area contributed by atoms with E-state index in [-0.39, 0.29) is 35.3 Å². The van der Waals surface area contributed by atoms with E-state index in [1.807, 2.05) is 6.07 Å². The fourth-order valence-electron chi connectivity index (χ4n) is 4.83. The van der Waals surface area contributed by atoms with Gasteiger partial charge in [0.1, 0.15) is 6.04 Å². The molecule has 0 aliphatic heterocycles. The number of aryl methyl sites for hydroxylation is 1. The van der Waals surface area contributed by atoms with Crippen molar-refractivity contribution in [3.63, 3.8) is 0 Å². The molecule has 11 nitrogen and oxygen atoms in total. The number of anilines is 1. The molecule has 2 atom stereocenters. The molecule has 0 spiro atoms. The van der Waals surface area contributed by atoms with Gasteiger partial charge < -0.3 is 34.9 Å². The van der Waals surface area contributed by atoms with Crippen LogP contribution in [0.3, 0.4) is 0 Å². The number of nitrogens with one attached hydrogen (secondary N) is 3. The lowest BCUT2D eigenvalue weighted by Crippen LogP contribution is -2.39. The Labute approximate surface area is 233 Å².